The van der Waals surface area contributed by atoms with Gasteiger partial charge in [0, 0.05) is 17.0 Å². The van der Waals surface area contributed by atoms with Gasteiger partial charge in [-0.1, -0.05) is 12.1 Å². The topological polar surface area (TPSA) is 41.1 Å². The summed E-state index contributed by atoms with van der Waals surface area (Å²) in [5.41, 5.74) is 0.982. The maximum Gasteiger partial charge on any atom is 0.234 e. The van der Waals surface area contributed by atoms with Gasteiger partial charge >= 0.3 is 0 Å². The number of hydrogen-bond acceptors (Lipinski definition) is 3. The second-order valence-corrected chi connectivity index (χ2v) is 6.18. The Labute approximate surface area is 116 Å². The first-order valence-corrected chi connectivity index (χ1v) is 7.66. The highest BCUT2D eigenvalue weighted by atomic mass is 32.2. The summed E-state index contributed by atoms with van der Waals surface area (Å²) >= 11 is 1.56. The van der Waals surface area contributed by atoms with Gasteiger partial charge in [0.2, 0.25) is 5.91 Å². The predicted octanol–water partition coefficient (Wildman–Crippen LogP) is 2.23. The SMILES string of the molecule is O=C(CNC1CCSc2c(F)cccc21)NC1CC1. The number of carbonyl (C=O) groups is 1. The minimum Gasteiger partial charge on any atom is -0.352 e. The molecule has 3 nitrogen and oxygen atoms in total. The molecule has 1 heterocycles. The summed E-state index contributed by atoms with van der Waals surface area (Å²) in [6, 6.07) is 5.64. The van der Waals surface area contributed by atoms with Gasteiger partial charge in [0.15, 0.2) is 0 Å². The lowest BCUT2D eigenvalue weighted by atomic mass is 10.0. The number of amides is 1. The fourth-order valence-electron chi connectivity index (χ4n) is 2.32. The van der Waals surface area contributed by atoms with Crippen molar-refractivity contribution in [3.63, 3.8) is 0 Å². The van der Waals surface area contributed by atoms with Gasteiger partial charge in [0.05, 0.1) is 6.54 Å². The number of rotatable bonds is 4. The molecule has 1 aromatic rings. The van der Waals surface area contributed by atoms with Crippen molar-refractivity contribution in [2.24, 2.45) is 0 Å². The third kappa shape index (κ3) is 3.09. The number of benzene rings is 1. The molecule has 1 aliphatic carbocycles. The zero-order valence-corrected chi connectivity index (χ0v) is 11.4. The average Bonchev–Trinajstić information content (AvgIpc) is 3.21. The lowest BCUT2D eigenvalue weighted by Gasteiger charge is -2.26. The molecule has 0 bridgehead atoms. The van der Waals surface area contributed by atoms with Crippen LogP contribution < -0.4 is 10.6 Å². The number of halogens is 1. The Morgan fingerprint density at radius 1 is 1.37 bits per heavy atom. The zero-order valence-electron chi connectivity index (χ0n) is 10.6. The molecule has 2 aliphatic rings. The quantitative estimate of drug-likeness (QED) is 0.888. The molecule has 0 saturated heterocycles. The molecule has 0 spiro atoms. The predicted molar refractivity (Wildman–Crippen MR) is 73.6 cm³/mol. The van der Waals surface area contributed by atoms with Crippen molar-refractivity contribution in [3.8, 4) is 0 Å². The molecule has 1 saturated carbocycles. The Morgan fingerprint density at radius 3 is 3.00 bits per heavy atom. The highest BCUT2D eigenvalue weighted by Crippen LogP contribution is 2.37. The molecular weight excluding hydrogens is 263 g/mol. The highest BCUT2D eigenvalue weighted by molar-refractivity contribution is 7.99. The van der Waals surface area contributed by atoms with Crippen molar-refractivity contribution in [2.75, 3.05) is 12.3 Å². The van der Waals surface area contributed by atoms with Crippen molar-refractivity contribution in [1.82, 2.24) is 10.6 Å². The van der Waals surface area contributed by atoms with Crippen LogP contribution in [0.4, 0.5) is 4.39 Å². The average molecular weight is 280 g/mol. The monoisotopic (exact) mass is 280 g/mol. The van der Waals surface area contributed by atoms with E-state index in [1.54, 1.807) is 17.8 Å². The fraction of sp³-hybridized carbons (Fsp3) is 0.500. The van der Waals surface area contributed by atoms with Gasteiger partial charge in [-0.3, -0.25) is 4.79 Å². The van der Waals surface area contributed by atoms with Crippen molar-refractivity contribution < 1.29 is 9.18 Å². The van der Waals surface area contributed by atoms with Gasteiger partial charge in [0.1, 0.15) is 5.82 Å². The number of carbonyl (C=O) groups excluding carboxylic acids is 1. The van der Waals surface area contributed by atoms with Gasteiger partial charge in [-0.2, -0.15) is 0 Å². The second kappa shape index (κ2) is 5.51. The summed E-state index contributed by atoms with van der Waals surface area (Å²) in [5.74, 6) is 0.769. The minimum atomic E-state index is -0.156. The summed E-state index contributed by atoms with van der Waals surface area (Å²) in [5, 5.41) is 6.19. The van der Waals surface area contributed by atoms with E-state index in [0.717, 1.165) is 35.5 Å². The Hall–Kier alpha value is -1.07. The van der Waals surface area contributed by atoms with Crippen LogP contribution in [0.3, 0.4) is 0 Å². The highest BCUT2D eigenvalue weighted by Gasteiger charge is 2.25. The lowest BCUT2D eigenvalue weighted by molar-refractivity contribution is -0.120. The van der Waals surface area contributed by atoms with Gasteiger partial charge < -0.3 is 10.6 Å². The maximum atomic E-state index is 13.7. The van der Waals surface area contributed by atoms with Crippen molar-refractivity contribution in [3.05, 3.63) is 29.6 Å². The van der Waals surface area contributed by atoms with Crippen molar-refractivity contribution >= 4 is 17.7 Å². The molecule has 1 aromatic carbocycles. The van der Waals surface area contributed by atoms with E-state index in [2.05, 4.69) is 10.6 Å². The molecule has 1 amide bonds. The van der Waals surface area contributed by atoms with Crippen LogP contribution in [-0.2, 0) is 4.79 Å². The van der Waals surface area contributed by atoms with Crippen molar-refractivity contribution in [1.29, 1.82) is 0 Å². The smallest absolute Gasteiger partial charge is 0.234 e. The van der Waals surface area contributed by atoms with E-state index in [4.69, 9.17) is 0 Å². The van der Waals surface area contributed by atoms with E-state index in [1.165, 1.54) is 6.07 Å². The Bertz CT molecular complexity index is 490. The van der Waals surface area contributed by atoms with Crippen LogP contribution in [0.15, 0.2) is 23.1 Å². The summed E-state index contributed by atoms with van der Waals surface area (Å²) in [4.78, 5) is 12.4. The van der Waals surface area contributed by atoms with Gasteiger partial charge in [-0.05, 0) is 36.6 Å². The summed E-state index contributed by atoms with van der Waals surface area (Å²) in [6.07, 6.45) is 3.12. The van der Waals surface area contributed by atoms with Crippen LogP contribution in [0.5, 0.6) is 0 Å². The first-order chi connectivity index (χ1) is 9.24. The molecule has 3 rings (SSSR count). The standard InChI is InChI=1S/C14H17FN2OS/c15-11-3-1-2-10-12(6-7-19-14(10)11)16-8-13(18)17-9-4-5-9/h1-3,9,12,16H,4-8H2,(H,17,18). The largest absolute Gasteiger partial charge is 0.352 e. The molecule has 0 radical (unpaired) electrons. The Balaban J connectivity index is 1.63. The molecule has 19 heavy (non-hydrogen) atoms. The van der Waals surface area contributed by atoms with Crippen LogP contribution in [0, 0.1) is 5.82 Å². The second-order valence-electron chi connectivity index (χ2n) is 5.07. The summed E-state index contributed by atoms with van der Waals surface area (Å²) in [6.45, 7) is 0.307. The number of hydrogen-bond donors (Lipinski definition) is 2. The van der Waals surface area contributed by atoms with Gasteiger partial charge in [0.25, 0.3) is 0 Å². The van der Waals surface area contributed by atoms with Gasteiger partial charge in [-0.25, -0.2) is 4.39 Å². The lowest BCUT2D eigenvalue weighted by Crippen LogP contribution is -2.37. The maximum absolute atomic E-state index is 13.7. The van der Waals surface area contributed by atoms with Gasteiger partial charge in [-0.15, -0.1) is 11.8 Å². The first kappa shape index (κ1) is 12.9. The number of fused-ring (bicyclic) bond motifs is 1. The van der Waals surface area contributed by atoms with Crippen LogP contribution in [0.1, 0.15) is 30.9 Å². The Kier molecular flexibility index (Phi) is 3.75. The molecule has 1 fully saturated rings. The van der Waals surface area contributed by atoms with Crippen LogP contribution >= 0.6 is 11.8 Å². The number of thioether (sulfide) groups is 1. The fourth-order valence-corrected chi connectivity index (χ4v) is 3.46. The molecule has 1 aliphatic heterocycles. The zero-order chi connectivity index (χ0) is 13.2. The molecule has 102 valence electrons. The third-order valence-electron chi connectivity index (χ3n) is 3.48. The first-order valence-electron chi connectivity index (χ1n) is 6.68. The minimum absolute atomic E-state index is 0.0404. The molecule has 2 N–H and O–H groups in total. The molecule has 5 heteroatoms. The number of nitrogens with one attached hydrogen (secondary N) is 2. The van der Waals surface area contributed by atoms with Crippen LogP contribution in [-0.4, -0.2) is 24.2 Å². The van der Waals surface area contributed by atoms with E-state index in [1.807, 2.05) is 6.07 Å². The van der Waals surface area contributed by atoms with Crippen molar-refractivity contribution in [2.45, 2.75) is 36.2 Å². The molecule has 1 unspecified atom stereocenters. The normalized spacial score (nSPS) is 21.8. The Morgan fingerprint density at radius 2 is 2.21 bits per heavy atom. The van der Waals surface area contributed by atoms with Crippen LogP contribution in [0.2, 0.25) is 0 Å². The molecule has 0 aromatic heterocycles. The van der Waals surface area contributed by atoms with E-state index < -0.39 is 0 Å². The van der Waals surface area contributed by atoms with E-state index in [0.29, 0.717) is 12.6 Å². The summed E-state index contributed by atoms with van der Waals surface area (Å²) < 4.78 is 13.7. The summed E-state index contributed by atoms with van der Waals surface area (Å²) in [7, 11) is 0. The van der Waals surface area contributed by atoms with E-state index in [9.17, 15) is 9.18 Å². The van der Waals surface area contributed by atoms with E-state index >= 15 is 0 Å². The molecular formula is C14H17FN2OS. The third-order valence-corrected chi connectivity index (χ3v) is 4.64. The van der Waals surface area contributed by atoms with E-state index in [-0.39, 0.29) is 17.8 Å². The molecule has 1 atom stereocenters. The van der Waals surface area contributed by atoms with Crippen LogP contribution in [0.25, 0.3) is 0 Å².